The lowest BCUT2D eigenvalue weighted by Crippen LogP contribution is -2.29. The van der Waals surface area contributed by atoms with Crippen LogP contribution in [0.3, 0.4) is 0 Å². The number of hydrogen-bond acceptors (Lipinski definition) is 4. The minimum absolute atomic E-state index is 0.220. The summed E-state index contributed by atoms with van der Waals surface area (Å²) in [6, 6.07) is 8.39. The molecule has 6 nitrogen and oxygen atoms in total. The topological polar surface area (TPSA) is 66.3 Å². The number of para-hydroxylation sites is 1. The number of H-pyrrole nitrogens is 1. The number of rotatable bonds is 5. The molecule has 2 N–H and O–H groups in total. The Bertz CT molecular complexity index is 825. The van der Waals surface area contributed by atoms with Gasteiger partial charge in [-0.05, 0) is 23.9 Å². The molecular formula is C18H22N4O2. The molecule has 0 amide bonds. The Hall–Kier alpha value is -2.31. The van der Waals surface area contributed by atoms with Crippen LogP contribution >= 0.6 is 0 Å². The summed E-state index contributed by atoms with van der Waals surface area (Å²) in [6.07, 6.45) is 4.83. The number of nitrogens with zero attached hydrogens (tertiary/aromatic N) is 3. The van der Waals surface area contributed by atoms with E-state index in [0.29, 0.717) is 18.8 Å². The third-order valence-corrected chi connectivity index (χ3v) is 4.60. The molecule has 0 radical (unpaired) electrons. The standard InChI is InChI=1S/C18H22N4O2/c1-2-22-10-15(8-20-22)24-17-12-21(11-16(17)23)9-14-5-3-4-13-6-7-19-18(13)14/h3-8,10,16-17,19,23H,2,9,11-12H2,1H3/t16-,17-/m1/s1. The van der Waals surface area contributed by atoms with Crippen LogP contribution in [0.5, 0.6) is 5.75 Å². The van der Waals surface area contributed by atoms with Gasteiger partial charge in [0.15, 0.2) is 5.75 Å². The fourth-order valence-corrected chi connectivity index (χ4v) is 3.35. The second-order valence-electron chi connectivity index (χ2n) is 6.31. The summed E-state index contributed by atoms with van der Waals surface area (Å²) in [4.78, 5) is 5.53. The monoisotopic (exact) mass is 326 g/mol. The molecule has 0 bridgehead atoms. The van der Waals surface area contributed by atoms with Crippen LogP contribution in [-0.4, -0.2) is 50.1 Å². The fraction of sp³-hybridized carbons (Fsp3) is 0.389. The lowest BCUT2D eigenvalue weighted by Gasteiger charge is -2.16. The summed E-state index contributed by atoms with van der Waals surface area (Å²) in [5.41, 5.74) is 2.41. The van der Waals surface area contributed by atoms with E-state index in [2.05, 4.69) is 39.2 Å². The third-order valence-electron chi connectivity index (χ3n) is 4.60. The number of aliphatic hydroxyl groups is 1. The minimum atomic E-state index is -0.488. The highest BCUT2D eigenvalue weighted by Crippen LogP contribution is 2.23. The largest absolute Gasteiger partial charge is 0.483 e. The number of aliphatic hydroxyl groups excluding tert-OH is 1. The van der Waals surface area contributed by atoms with Gasteiger partial charge in [0, 0.05) is 37.9 Å². The van der Waals surface area contributed by atoms with Gasteiger partial charge < -0.3 is 14.8 Å². The van der Waals surface area contributed by atoms with E-state index in [4.69, 9.17) is 4.74 Å². The molecule has 2 atom stereocenters. The Morgan fingerprint density at radius 2 is 2.25 bits per heavy atom. The number of ether oxygens (including phenoxy) is 1. The van der Waals surface area contributed by atoms with Crippen LogP contribution in [-0.2, 0) is 13.1 Å². The summed E-state index contributed by atoms with van der Waals surface area (Å²) in [6.45, 7) is 4.95. The molecule has 6 heteroatoms. The molecule has 4 rings (SSSR count). The Kier molecular flexibility index (Phi) is 4.00. The highest BCUT2D eigenvalue weighted by molar-refractivity contribution is 5.82. The number of likely N-dealkylation sites (tertiary alicyclic amines) is 1. The maximum Gasteiger partial charge on any atom is 0.157 e. The minimum Gasteiger partial charge on any atom is -0.483 e. The second kappa shape index (κ2) is 6.30. The number of aromatic amines is 1. The van der Waals surface area contributed by atoms with Crippen molar-refractivity contribution >= 4 is 10.9 Å². The van der Waals surface area contributed by atoms with Gasteiger partial charge in [0.05, 0.1) is 12.4 Å². The molecule has 1 saturated heterocycles. The van der Waals surface area contributed by atoms with Gasteiger partial charge in [-0.15, -0.1) is 0 Å². The van der Waals surface area contributed by atoms with Crippen LogP contribution < -0.4 is 4.74 Å². The molecule has 1 aliphatic rings. The maximum absolute atomic E-state index is 10.3. The average molecular weight is 326 g/mol. The van der Waals surface area contributed by atoms with E-state index in [1.165, 1.54) is 16.5 Å². The Balaban J connectivity index is 1.44. The number of aryl methyl sites for hydroxylation is 1. The first kappa shape index (κ1) is 15.2. The van der Waals surface area contributed by atoms with Gasteiger partial charge >= 0.3 is 0 Å². The Labute approximate surface area is 140 Å². The van der Waals surface area contributed by atoms with Crippen molar-refractivity contribution in [3.05, 3.63) is 48.4 Å². The molecule has 3 aromatic rings. The van der Waals surface area contributed by atoms with E-state index >= 15 is 0 Å². The second-order valence-corrected chi connectivity index (χ2v) is 6.31. The zero-order chi connectivity index (χ0) is 16.5. The molecule has 3 heterocycles. The highest BCUT2D eigenvalue weighted by atomic mass is 16.5. The lowest BCUT2D eigenvalue weighted by atomic mass is 10.1. The van der Waals surface area contributed by atoms with Crippen molar-refractivity contribution in [3.8, 4) is 5.75 Å². The van der Waals surface area contributed by atoms with Crippen molar-refractivity contribution in [2.24, 2.45) is 0 Å². The predicted molar refractivity (Wildman–Crippen MR) is 91.9 cm³/mol. The molecule has 0 spiro atoms. The number of benzene rings is 1. The zero-order valence-corrected chi connectivity index (χ0v) is 13.7. The van der Waals surface area contributed by atoms with Crippen LogP contribution in [0.25, 0.3) is 10.9 Å². The van der Waals surface area contributed by atoms with Crippen LogP contribution in [0.2, 0.25) is 0 Å². The first-order valence-electron chi connectivity index (χ1n) is 8.37. The first-order chi connectivity index (χ1) is 11.7. The highest BCUT2D eigenvalue weighted by Gasteiger charge is 2.33. The average Bonchev–Trinajstić information content (AvgIpc) is 3.29. The van der Waals surface area contributed by atoms with Gasteiger partial charge in [-0.25, -0.2) is 0 Å². The maximum atomic E-state index is 10.3. The van der Waals surface area contributed by atoms with Gasteiger partial charge in [-0.1, -0.05) is 18.2 Å². The van der Waals surface area contributed by atoms with Gasteiger partial charge in [-0.3, -0.25) is 9.58 Å². The van der Waals surface area contributed by atoms with Gasteiger partial charge in [0.2, 0.25) is 0 Å². The molecule has 126 valence electrons. The molecule has 1 fully saturated rings. The summed E-state index contributed by atoms with van der Waals surface area (Å²) in [5, 5.41) is 15.8. The summed E-state index contributed by atoms with van der Waals surface area (Å²) < 4.78 is 7.75. The molecule has 0 aliphatic carbocycles. The van der Waals surface area contributed by atoms with Crippen LogP contribution in [0.4, 0.5) is 0 Å². The van der Waals surface area contributed by atoms with Crippen molar-refractivity contribution in [1.82, 2.24) is 19.7 Å². The Morgan fingerprint density at radius 1 is 1.33 bits per heavy atom. The molecular weight excluding hydrogens is 304 g/mol. The van der Waals surface area contributed by atoms with Crippen LogP contribution in [0.1, 0.15) is 12.5 Å². The van der Waals surface area contributed by atoms with Gasteiger partial charge in [0.1, 0.15) is 12.2 Å². The van der Waals surface area contributed by atoms with Crippen molar-refractivity contribution in [3.63, 3.8) is 0 Å². The Morgan fingerprint density at radius 3 is 3.08 bits per heavy atom. The smallest absolute Gasteiger partial charge is 0.157 e. The number of aromatic nitrogens is 3. The van der Waals surface area contributed by atoms with Crippen LogP contribution in [0.15, 0.2) is 42.9 Å². The van der Waals surface area contributed by atoms with Crippen molar-refractivity contribution in [2.75, 3.05) is 13.1 Å². The number of fused-ring (bicyclic) bond motifs is 1. The van der Waals surface area contributed by atoms with Crippen molar-refractivity contribution in [1.29, 1.82) is 0 Å². The van der Waals surface area contributed by atoms with Crippen molar-refractivity contribution in [2.45, 2.75) is 32.2 Å². The SMILES string of the molecule is CCn1cc(O[C@@H]2CN(Cc3cccc4cc[nH]c34)C[C@H]2O)cn1. The van der Waals surface area contributed by atoms with E-state index in [9.17, 15) is 5.11 Å². The quantitative estimate of drug-likeness (QED) is 0.753. The molecule has 2 aromatic heterocycles. The summed E-state index contributed by atoms with van der Waals surface area (Å²) >= 11 is 0. The number of β-amino-alcohol motifs (C(OH)–C–C–N with tert-alkyl or cyclic N) is 1. The lowest BCUT2D eigenvalue weighted by molar-refractivity contribution is 0.0736. The molecule has 0 saturated carbocycles. The van der Waals surface area contributed by atoms with Gasteiger partial charge in [0.25, 0.3) is 0 Å². The number of nitrogens with one attached hydrogen (secondary N) is 1. The molecule has 24 heavy (non-hydrogen) atoms. The molecule has 1 aromatic carbocycles. The molecule has 1 aliphatic heterocycles. The van der Waals surface area contributed by atoms with E-state index in [1.807, 2.05) is 24.0 Å². The normalized spacial score (nSPS) is 21.6. The first-order valence-corrected chi connectivity index (χ1v) is 8.37. The molecule has 0 unspecified atom stereocenters. The van der Waals surface area contributed by atoms with Crippen molar-refractivity contribution < 1.29 is 9.84 Å². The van der Waals surface area contributed by atoms with E-state index in [-0.39, 0.29) is 6.10 Å². The summed E-state index contributed by atoms with van der Waals surface area (Å²) in [5.74, 6) is 0.717. The zero-order valence-electron chi connectivity index (χ0n) is 13.7. The predicted octanol–water partition coefficient (Wildman–Crippen LogP) is 2.01. The fourth-order valence-electron chi connectivity index (χ4n) is 3.35. The van der Waals surface area contributed by atoms with E-state index in [1.54, 1.807) is 6.20 Å². The van der Waals surface area contributed by atoms with Gasteiger partial charge in [-0.2, -0.15) is 5.10 Å². The van der Waals surface area contributed by atoms with E-state index < -0.39 is 6.10 Å². The number of hydrogen-bond donors (Lipinski definition) is 2. The van der Waals surface area contributed by atoms with E-state index in [0.717, 1.165) is 13.1 Å². The summed E-state index contributed by atoms with van der Waals surface area (Å²) in [7, 11) is 0. The third kappa shape index (κ3) is 2.90. The van der Waals surface area contributed by atoms with Crippen LogP contribution in [0, 0.1) is 0 Å².